The molecule has 0 spiro atoms. The predicted molar refractivity (Wildman–Crippen MR) is 280 cm³/mol. The Bertz CT molecular complexity index is 2470. The van der Waals surface area contributed by atoms with Crippen LogP contribution in [0.5, 0.6) is 0 Å². The number of alkyl carbamates (subject to hydrolysis) is 2. The average molecular weight is 1110 g/mol. The maximum absolute atomic E-state index is 14.4. The van der Waals surface area contributed by atoms with E-state index in [1.807, 2.05) is 65.8 Å². The molecule has 3 atom stereocenters. The number of anilines is 1. The van der Waals surface area contributed by atoms with Gasteiger partial charge < -0.3 is 20.9 Å². The molecule has 0 unspecified atom stereocenters. The fraction of sp³-hybridized carbons (Fsp3) is 0.392. The largest absolute Gasteiger partial charge is 0.444 e. The topological polar surface area (TPSA) is 142 Å². The molecule has 6 N–H and O–H groups in total. The van der Waals surface area contributed by atoms with Crippen LogP contribution in [-0.2, 0) is 25.7 Å². The molecule has 0 saturated heterocycles. The molecule has 7 rings (SSSR count). The molecule has 68 heavy (non-hydrogen) atoms. The summed E-state index contributed by atoms with van der Waals surface area (Å²) in [4.78, 5) is 27.5. The summed E-state index contributed by atoms with van der Waals surface area (Å²) in [6.45, 7) is 16.8. The Kier molecular flexibility index (Phi) is 18.2. The van der Waals surface area contributed by atoms with Crippen LogP contribution in [0.4, 0.5) is 32.8 Å². The number of ether oxygens (including phenoxy) is 2. The zero-order valence-electron chi connectivity index (χ0n) is 39.8. The van der Waals surface area contributed by atoms with Gasteiger partial charge in [0.1, 0.15) is 28.7 Å². The van der Waals surface area contributed by atoms with Crippen LogP contribution in [0.15, 0.2) is 106 Å². The molecule has 2 amide bonds. The summed E-state index contributed by atoms with van der Waals surface area (Å²) in [5.74, 6) is 1.05. The summed E-state index contributed by atoms with van der Waals surface area (Å²) < 4.78 is 68.2. The van der Waals surface area contributed by atoms with Crippen molar-refractivity contribution >= 4 is 75.8 Å². The van der Waals surface area contributed by atoms with Gasteiger partial charge in [-0.15, -0.1) is 35.3 Å². The molecule has 9 nitrogen and oxygen atoms in total. The van der Waals surface area contributed by atoms with E-state index in [4.69, 9.17) is 20.9 Å². The van der Waals surface area contributed by atoms with E-state index in [0.29, 0.717) is 48.6 Å². The number of thioether (sulfide) groups is 3. The highest BCUT2D eigenvalue weighted by Gasteiger charge is 2.34. The summed E-state index contributed by atoms with van der Waals surface area (Å²) in [5.41, 5.74) is 12.4. The lowest BCUT2D eigenvalue weighted by Gasteiger charge is -2.32. The van der Waals surface area contributed by atoms with Crippen molar-refractivity contribution in [1.29, 1.82) is 0 Å². The number of pyridine rings is 1. The van der Waals surface area contributed by atoms with Gasteiger partial charge in [-0.1, -0.05) is 26.8 Å². The first-order chi connectivity index (χ1) is 31.7. The molecule has 1 aromatic heterocycles. The SMILES string of the molecule is CC(C)(C)OC(=O)NC1=C[C@](C)(c2cc(I)ccc2F)CCS1.CC(C)(C)OC(=O)NC1=C[C@](C)(c2cc(N)ccc2F)CCS1.C[C@]1(c2cc(-c3cccnc3F)ccc2F)C=C(N)SCC1. The normalized spacial score (nSPS) is 21.5. The van der Waals surface area contributed by atoms with Gasteiger partial charge in [0.25, 0.3) is 0 Å². The lowest BCUT2D eigenvalue weighted by Crippen LogP contribution is -2.34. The molecule has 0 saturated carbocycles. The second-order valence-corrected chi connectivity index (χ2v) is 24.0. The second-order valence-electron chi connectivity index (χ2n) is 19.3. The quantitative estimate of drug-likeness (QED) is 0.0638. The molecule has 4 aromatic rings. The first kappa shape index (κ1) is 54.6. The Morgan fingerprint density at radius 2 is 1.10 bits per heavy atom. The third-order valence-electron chi connectivity index (χ3n) is 11.1. The summed E-state index contributed by atoms with van der Waals surface area (Å²) in [6.07, 6.45) is 8.47. The second kappa shape index (κ2) is 22.6. The van der Waals surface area contributed by atoms with E-state index in [1.165, 1.54) is 36.2 Å². The molecule has 4 heterocycles. The number of hydrogen-bond donors (Lipinski definition) is 4. The highest BCUT2D eigenvalue weighted by Crippen LogP contribution is 2.42. The molecule has 0 bridgehead atoms. The van der Waals surface area contributed by atoms with Crippen molar-refractivity contribution in [2.75, 3.05) is 23.0 Å². The van der Waals surface area contributed by atoms with Crippen molar-refractivity contribution in [2.24, 2.45) is 5.73 Å². The predicted octanol–water partition coefficient (Wildman–Crippen LogP) is 13.6. The van der Waals surface area contributed by atoms with E-state index in [2.05, 4.69) is 38.2 Å². The molecule has 3 aromatic carbocycles. The van der Waals surface area contributed by atoms with Gasteiger partial charge in [-0.3, -0.25) is 10.6 Å². The van der Waals surface area contributed by atoms with Crippen molar-refractivity contribution in [2.45, 2.75) is 109 Å². The van der Waals surface area contributed by atoms with Gasteiger partial charge in [0.05, 0.1) is 15.1 Å². The molecular weight excluding hydrogens is 1050 g/mol. The maximum Gasteiger partial charge on any atom is 0.412 e. The van der Waals surface area contributed by atoms with Crippen LogP contribution in [-0.4, -0.2) is 45.6 Å². The fourth-order valence-electron chi connectivity index (χ4n) is 7.60. The van der Waals surface area contributed by atoms with Gasteiger partial charge in [-0.05, 0) is 185 Å². The Balaban J connectivity index is 0.000000191. The van der Waals surface area contributed by atoms with Crippen molar-refractivity contribution in [3.63, 3.8) is 0 Å². The van der Waals surface area contributed by atoms with Crippen LogP contribution in [0, 0.1) is 27.0 Å². The summed E-state index contributed by atoms with van der Waals surface area (Å²) in [7, 11) is 0. The molecular formula is C51H60F4IN5O4S3. The van der Waals surface area contributed by atoms with Crippen molar-refractivity contribution in [3.05, 3.63) is 150 Å². The maximum atomic E-state index is 14.4. The van der Waals surface area contributed by atoms with Crippen LogP contribution in [0.2, 0.25) is 0 Å². The fourth-order valence-corrected chi connectivity index (χ4v) is 11.7. The van der Waals surface area contributed by atoms with Gasteiger partial charge >= 0.3 is 12.2 Å². The first-order valence-corrected chi connectivity index (χ1v) is 26.0. The van der Waals surface area contributed by atoms with E-state index < -0.39 is 45.6 Å². The average Bonchev–Trinajstić information content (AvgIpc) is 3.22. The van der Waals surface area contributed by atoms with Gasteiger partial charge in [0.2, 0.25) is 5.95 Å². The van der Waals surface area contributed by atoms with Gasteiger partial charge in [-0.2, -0.15) is 4.39 Å². The van der Waals surface area contributed by atoms with E-state index in [1.54, 1.807) is 86.8 Å². The first-order valence-electron chi connectivity index (χ1n) is 21.9. The van der Waals surface area contributed by atoms with E-state index in [-0.39, 0.29) is 17.5 Å². The molecule has 3 aliphatic rings. The Hall–Kier alpha value is -4.33. The third kappa shape index (κ3) is 15.3. The number of nitrogens with one attached hydrogen (secondary N) is 2. The number of halogens is 5. The minimum Gasteiger partial charge on any atom is -0.444 e. The number of amides is 2. The van der Waals surface area contributed by atoms with E-state index >= 15 is 0 Å². The number of allylic oxidation sites excluding steroid dienone is 3. The number of carbonyl (C=O) groups is 2. The molecule has 17 heteroatoms. The Morgan fingerprint density at radius 1 is 0.647 bits per heavy atom. The van der Waals surface area contributed by atoms with Crippen LogP contribution >= 0.6 is 57.9 Å². The van der Waals surface area contributed by atoms with Crippen molar-refractivity contribution < 1.29 is 36.6 Å². The standard InChI is InChI=1S/C17H16F2N2S.C17H21FINO2S.C17H23FN2O2S/c1-17(6-8-22-15(20)10-17)13-9-11(4-5-14(13)18)12-3-2-7-21-16(12)19;2*1-16(2,3)22-15(21)20-14-10-17(4,7-8-23-14)12-9-11(19)5-6-13(12)18/h2-5,7,9-10H,6,8,20H2,1H3;5-6,9-10H,7-8H2,1-4H3,(H,20,21);5-6,9-10H,7-8,19H2,1-4H3,(H,20,21)/t3*17-/m111/s1. The number of aromatic nitrogens is 1. The summed E-state index contributed by atoms with van der Waals surface area (Å²) in [6, 6.07) is 17.7. The van der Waals surface area contributed by atoms with Crippen molar-refractivity contribution in [1.82, 2.24) is 15.6 Å². The Labute approximate surface area is 424 Å². The number of nitrogens with two attached hydrogens (primary N) is 2. The van der Waals surface area contributed by atoms with Crippen LogP contribution in [0.1, 0.15) is 98.3 Å². The number of carbonyl (C=O) groups excluding carboxylic acids is 2. The highest BCUT2D eigenvalue weighted by molar-refractivity contribution is 14.1. The zero-order valence-corrected chi connectivity index (χ0v) is 44.4. The number of nitrogens with zero attached hydrogens (tertiary/aromatic N) is 1. The number of benzene rings is 3. The lowest BCUT2D eigenvalue weighted by molar-refractivity contribution is 0.0538. The van der Waals surface area contributed by atoms with Gasteiger partial charge in [-0.25, -0.2) is 27.7 Å². The van der Waals surface area contributed by atoms with Gasteiger partial charge in [0, 0.05) is 54.5 Å². The molecule has 3 aliphatic heterocycles. The Morgan fingerprint density at radius 3 is 1.60 bits per heavy atom. The molecule has 0 fully saturated rings. The zero-order chi connectivity index (χ0) is 50.2. The third-order valence-corrected chi connectivity index (χ3v) is 14.5. The monoisotopic (exact) mass is 1110 g/mol. The number of rotatable bonds is 6. The minimum absolute atomic E-state index is 0.215. The molecule has 366 valence electrons. The smallest absolute Gasteiger partial charge is 0.412 e. The molecule has 0 radical (unpaired) electrons. The number of nitrogen functional groups attached to an aromatic ring is 1. The highest BCUT2D eigenvalue weighted by atomic mass is 127. The van der Waals surface area contributed by atoms with Crippen LogP contribution < -0.4 is 22.1 Å². The lowest BCUT2D eigenvalue weighted by atomic mass is 9.78. The van der Waals surface area contributed by atoms with Crippen LogP contribution in [0.3, 0.4) is 0 Å². The van der Waals surface area contributed by atoms with E-state index in [9.17, 15) is 27.2 Å². The van der Waals surface area contributed by atoms with Gasteiger partial charge in [0.15, 0.2) is 0 Å². The number of hydrogen-bond acceptors (Lipinski definition) is 10. The van der Waals surface area contributed by atoms with E-state index in [0.717, 1.165) is 40.1 Å². The molecule has 0 aliphatic carbocycles. The summed E-state index contributed by atoms with van der Waals surface area (Å²) in [5, 5.41) is 7.61. The van der Waals surface area contributed by atoms with Crippen molar-refractivity contribution in [3.8, 4) is 11.1 Å². The minimum atomic E-state index is -0.562. The van der Waals surface area contributed by atoms with Crippen LogP contribution in [0.25, 0.3) is 11.1 Å². The summed E-state index contributed by atoms with van der Waals surface area (Å²) >= 11 is 6.82.